The number of benzene rings is 1. The lowest BCUT2D eigenvalue weighted by Gasteiger charge is -2.11. The van der Waals surface area contributed by atoms with E-state index >= 15 is 0 Å². The van der Waals surface area contributed by atoms with Crippen LogP contribution in [0.25, 0.3) is 0 Å². The monoisotopic (exact) mass is 234 g/mol. The minimum absolute atomic E-state index is 0.167. The molecule has 0 spiro atoms. The molecule has 17 heavy (non-hydrogen) atoms. The molecule has 1 amide bonds. The summed E-state index contributed by atoms with van der Waals surface area (Å²) in [4.78, 5) is 21.7. The molecule has 0 heterocycles. The maximum atomic E-state index is 11.6. The average molecular weight is 234 g/mol. The molecule has 0 unspecified atom stereocenters. The van der Waals surface area contributed by atoms with Gasteiger partial charge in [-0.3, -0.25) is 4.79 Å². The average Bonchev–Trinajstić information content (AvgIpc) is 2.35. The molecule has 0 aliphatic rings. The predicted octanol–water partition coefficient (Wildman–Crippen LogP) is 0.652. The van der Waals surface area contributed by atoms with Crippen LogP contribution < -0.4 is 11.1 Å². The van der Waals surface area contributed by atoms with E-state index in [0.717, 1.165) is 11.8 Å². The molecule has 0 saturated carbocycles. The number of unbranched alkanes of at least 4 members (excludes halogenated alkanes) is 1. The quantitative estimate of drug-likeness (QED) is 0.537. The van der Waals surface area contributed by atoms with Gasteiger partial charge < -0.3 is 15.8 Å². The highest BCUT2D eigenvalue weighted by Crippen LogP contribution is 2.01. The van der Waals surface area contributed by atoms with Gasteiger partial charge in [0.25, 0.3) is 0 Å². The maximum absolute atomic E-state index is 11.6. The molecule has 1 rings (SSSR count). The number of aldehydes is 1. The molecular formula is C13H18N2O2. The number of amides is 1. The minimum Gasteiger partial charge on any atom is -0.355 e. The van der Waals surface area contributed by atoms with Gasteiger partial charge in [-0.2, -0.15) is 0 Å². The first-order valence-electron chi connectivity index (χ1n) is 5.75. The van der Waals surface area contributed by atoms with E-state index in [1.807, 2.05) is 30.3 Å². The SMILES string of the molecule is N[C@@H](Cc1ccccc1)C(=O)NCCCC=O. The summed E-state index contributed by atoms with van der Waals surface area (Å²) in [7, 11) is 0. The normalized spacial score (nSPS) is 11.8. The number of carbonyl (C=O) groups excluding carboxylic acids is 2. The van der Waals surface area contributed by atoms with Gasteiger partial charge in [-0.1, -0.05) is 30.3 Å². The molecule has 0 aromatic heterocycles. The first-order valence-corrected chi connectivity index (χ1v) is 5.75. The number of rotatable bonds is 7. The van der Waals surface area contributed by atoms with Crippen LogP contribution in [0.3, 0.4) is 0 Å². The van der Waals surface area contributed by atoms with Crippen molar-refractivity contribution in [3.63, 3.8) is 0 Å². The first kappa shape index (κ1) is 13.4. The van der Waals surface area contributed by atoms with Gasteiger partial charge in [0.2, 0.25) is 5.91 Å². The molecule has 0 aliphatic heterocycles. The lowest BCUT2D eigenvalue weighted by Crippen LogP contribution is -2.42. The van der Waals surface area contributed by atoms with E-state index in [2.05, 4.69) is 5.32 Å². The lowest BCUT2D eigenvalue weighted by molar-refractivity contribution is -0.122. The summed E-state index contributed by atoms with van der Waals surface area (Å²) in [5, 5.41) is 2.71. The van der Waals surface area contributed by atoms with Crippen LogP contribution in [0.1, 0.15) is 18.4 Å². The van der Waals surface area contributed by atoms with E-state index in [0.29, 0.717) is 25.8 Å². The van der Waals surface area contributed by atoms with E-state index < -0.39 is 6.04 Å². The summed E-state index contributed by atoms with van der Waals surface area (Å²) in [5.41, 5.74) is 6.83. The number of hydrogen-bond acceptors (Lipinski definition) is 3. The summed E-state index contributed by atoms with van der Waals surface area (Å²) in [6.07, 6.45) is 2.50. The summed E-state index contributed by atoms with van der Waals surface area (Å²) in [6.45, 7) is 0.500. The van der Waals surface area contributed by atoms with E-state index in [1.54, 1.807) is 0 Å². The second-order valence-electron chi connectivity index (χ2n) is 3.90. The van der Waals surface area contributed by atoms with E-state index in [9.17, 15) is 9.59 Å². The minimum atomic E-state index is -0.534. The molecular weight excluding hydrogens is 216 g/mol. The van der Waals surface area contributed by atoms with Crippen molar-refractivity contribution in [3.8, 4) is 0 Å². The van der Waals surface area contributed by atoms with Crippen molar-refractivity contribution < 1.29 is 9.59 Å². The van der Waals surface area contributed by atoms with Gasteiger partial charge in [0.15, 0.2) is 0 Å². The zero-order valence-electron chi connectivity index (χ0n) is 9.76. The number of nitrogens with one attached hydrogen (secondary N) is 1. The number of hydrogen-bond donors (Lipinski definition) is 2. The third-order valence-corrected chi connectivity index (χ3v) is 2.43. The standard InChI is InChI=1S/C13H18N2O2/c14-12(10-11-6-2-1-3-7-11)13(17)15-8-4-5-9-16/h1-3,6-7,9,12H,4-5,8,10,14H2,(H,15,17)/t12-/m0/s1. The molecule has 1 aromatic rings. The number of nitrogens with two attached hydrogens (primary N) is 1. The van der Waals surface area contributed by atoms with Crippen LogP contribution in [0.15, 0.2) is 30.3 Å². The van der Waals surface area contributed by atoms with Crippen LogP contribution in [-0.2, 0) is 16.0 Å². The third kappa shape index (κ3) is 5.26. The van der Waals surface area contributed by atoms with Gasteiger partial charge in [0, 0.05) is 13.0 Å². The molecule has 0 aliphatic carbocycles. The Morgan fingerprint density at radius 3 is 2.71 bits per heavy atom. The van der Waals surface area contributed by atoms with Crippen LogP contribution in [0, 0.1) is 0 Å². The van der Waals surface area contributed by atoms with Crippen LogP contribution in [0.5, 0.6) is 0 Å². The van der Waals surface area contributed by atoms with Crippen molar-refractivity contribution in [1.82, 2.24) is 5.32 Å². The molecule has 4 nitrogen and oxygen atoms in total. The predicted molar refractivity (Wildman–Crippen MR) is 66.4 cm³/mol. The molecule has 1 aromatic carbocycles. The third-order valence-electron chi connectivity index (χ3n) is 2.43. The molecule has 0 radical (unpaired) electrons. The Bertz CT molecular complexity index is 352. The highest BCUT2D eigenvalue weighted by Gasteiger charge is 2.12. The van der Waals surface area contributed by atoms with Crippen molar-refractivity contribution in [2.45, 2.75) is 25.3 Å². The van der Waals surface area contributed by atoms with Gasteiger partial charge in [-0.05, 0) is 18.4 Å². The van der Waals surface area contributed by atoms with E-state index in [-0.39, 0.29) is 5.91 Å². The van der Waals surface area contributed by atoms with Gasteiger partial charge in [-0.15, -0.1) is 0 Å². The zero-order valence-corrected chi connectivity index (χ0v) is 9.76. The molecule has 92 valence electrons. The highest BCUT2D eigenvalue weighted by atomic mass is 16.2. The molecule has 0 fully saturated rings. The van der Waals surface area contributed by atoms with Gasteiger partial charge in [0.05, 0.1) is 6.04 Å². The largest absolute Gasteiger partial charge is 0.355 e. The van der Waals surface area contributed by atoms with Gasteiger partial charge >= 0.3 is 0 Å². The summed E-state index contributed by atoms with van der Waals surface area (Å²) >= 11 is 0. The maximum Gasteiger partial charge on any atom is 0.237 e. The summed E-state index contributed by atoms with van der Waals surface area (Å²) in [6, 6.07) is 9.12. The second-order valence-corrected chi connectivity index (χ2v) is 3.90. The van der Waals surface area contributed by atoms with Crippen molar-refractivity contribution in [3.05, 3.63) is 35.9 Å². The Morgan fingerprint density at radius 2 is 2.06 bits per heavy atom. The molecule has 4 heteroatoms. The molecule has 3 N–H and O–H groups in total. The fourth-order valence-corrected chi connectivity index (χ4v) is 1.49. The Labute approximate surface area is 101 Å². The zero-order chi connectivity index (χ0) is 12.5. The number of carbonyl (C=O) groups is 2. The Hall–Kier alpha value is -1.68. The summed E-state index contributed by atoms with van der Waals surface area (Å²) in [5.74, 6) is -0.167. The fourth-order valence-electron chi connectivity index (χ4n) is 1.49. The first-order chi connectivity index (χ1) is 8.24. The van der Waals surface area contributed by atoms with Crippen LogP contribution in [-0.4, -0.2) is 24.8 Å². The fraction of sp³-hybridized carbons (Fsp3) is 0.385. The topological polar surface area (TPSA) is 72.2 Å². The Balaban J connectivity index is 2.29. The molecule has 0 bridgehead atoms. The Morgan fingerprint density at radius 1 is 1.35 bits per heavy atom. The van der Waals surface area contributed by atoms with Crippen LogP contribution in [0.4, 0.5) is 0 Å². The van der Waals surface area contributed by atoms with Crippen LogP contribution >= 0.6 is 0 Å². The van der Waals surface area contributed by atoms with Crippen molar-refractivity contribution >= 4 is 12.2 Å². The van der Waals surface area contributed by atoms with Crippen molar-refractivity contribution in [2.24, 2.45) is 5.73 Å². The summed E-state index contributed by atoms with van der Waals surface area (Å²) < 4.78 is 0. The lowest BCUT2D eigenvalue weighted by atomic mass is 10.1. The smallest absolute Gasteiger partial charge is 0.237 e. The Kier molecular flexibility index (Phi) is 5.96. The molecule has 1 atom stereocenters. The molecule has 0 saturated heterocycles. The van der Waals surface area contributed by atoms with E-state index in [1.165, 1.54) is 0 Å². The van der Waals surface area contributed by atoms with Crippen molar-refractivity contribution in [2.75, 3.05) is 6.54 Å². The van der Waals surface area contributed by atoms with E-state index in [4.69, 9.17) is 5.73 Å². The highest BCUT2D eigenvalue weighted by molar-refractivity contribution is 5.81. The van der Waals surface area contributed by atoms with Crippen molar-refractivity contribution in [1.29, 1.82) is 0 Å². The second kappa shape index (κ2) is 7.57. The van der Waals surface area contributed by atoms with Gasteiger partial charge in [0.1, 0.15) is 6.29 Å². The van der Waals surface area contributed by atoms with Gasteiger partial charge in [-0.25, -0.2) is 0 Å². The van der Waals surface area contributed by atoms with Crippen LogP contribution in [0.2, 0.25) is 0 Å².